The lowest BCUT2D eigenvalue weighted by Gasteiger charge is -2.04. The Hall–Kier alpha value is -2.97. The van der Waals surface area contributed by atoms with E-state index >= 15 is 0 Å². The molecule has 0 aliphatic heterocycles. The number of rotatable bonds is 6. The highest BCUT2D eigenvalue weighted by atomic mass is 35.5. The normalized spacial score (nSPS) is 10.4. The molecule has 1 aromatic heterocycles. The zero-order valence-electron chi connectivity index (χ0n) is 14.1. The summed E-state index contributed by atoms with van der Waals surface area (Å²) < 4.78 is 5.41. The maximum Gasteiger partial charge on any atom is 0.270 e. The molecule has 0 saturated heterocycles. The molecule has 0 bridgehead atoms. The number of nitro groups is 1. The van der Waals surface area contributed by atoms with Crippen molar-refractivity contribution in [2.75, 3.05) is 11.9 Å². The maximum atomic E-state index is 12.4. The fourth-order valence-corrected chi connectivity index (χ4v) is 3.29. The number of amides is 1. The van der Waals surface area contributed by atoms with Crippen LogP contribution in [0.3, 0.4) is 0 Å². The molecule has 2 aromatic carbocycles. The van der Waals surface area contributed by atoms with Crippen LogP contribution < -0.4 is 10.1 Å². The Morgan fingerprint density at radius 1 is 1.30 bits per heavy atom. The van der Waals surface area contributed by atoms with Crippen LogP contribution in [0.4, 0.5) is 10.8 Å². The minimum absolute atomic E-state index is 0.00462. The van der Waals surface area contributed by atoms with Crippen LogP contribution in [0.25, 0.3) is 11.3 Å². The van der Waals surface area contributed by atoms with E-state index in [1.807, 2.05) is 36.6 Å². The second kappa shape index (κ2) is 8.15. The van der Waals surface area contributed by atoms with Gasteiger partial charge in [0.25, 0.3) is 11.6 Å². The first-order valence-corrected chi connectivity index (χ1v) is 9.17. The van der Waals surface area contributed by atoms with Crippen LogP contribution in [0.2, 0.25) is 5.02 Å². The zero-order chi connectivity index (χ0) is 19.4. The third-order valence-corrected chi connectivity index (χ3v) is 4.66. The van der Waals surface area contributed by atoms with Gasteiger partial charge in [0.1, 0.15) is 5.75 Å². The molecule has 1 amide bonds. The van der Waals surface area contributed by atoms with Crippen LogP contribution in [0.1, 0.15) is 17.3 Å². The fourth-order valence-electron chi connectivity index (χ4n) is 2.32. The summed E-state index contributed by atoms with van der Waals surface area (Å²) in [5.41, 5.74) is 1.57. The summed E-state index contributed by atoms with van der Waals surface area (Å²) in [7, 11) is 0. The van der Waals surface area contributed by atoms with Crippen LogP contribution in [0.15, 0.2) is 47.8 Å². The molecule has 9 heteroatoms. The smallest absolute Gasteiger partial charge is 0.270 e. The van der Waals surface area contributed by atoms with Crippen molar-refractivity contribution in [1.29, 1.82) is 0 Å². The van der Waals surface area contributed by atoms with Crippen molar-refractivity contribution in [3.05, 3.63) is 68.5 Å². The highest BCUT2D eigenvalue weighted by Crippen LogP contribution is 2.28. The lowest BCUT2D eigenvalue weighted by molar-refractivity contribution is -0.384. The second-order valence-electron chi connectivity index (χ2n) is 5.37. The highest BCUT2D eigenvalue weighted by Gasteiger charge is 2.16. The number of carbonyl (C=O) groups excluding carboxylic acids is 1. The monoisotopic (exact) mass is 403 g/mol. The maximum absolute atomic E-state index is 12.4. The Morgan fingerprint density at radius 2 is 2.04 bits per heavy atom. The number of anilines is 1. The first-order chi connectivity index (χ1) is 13.0. The van der Waals surface area contributed by atoms with Gasteiger partial charge >= 0.3 is 0 Å². The van der Waals surface area contributed by atoms with Crippen molar-refractivity contribution in [3.8, 4) is 17.0 Å². The van der Waals surface area contributed by atoms with Gasteiger partial charge in [0.2, 0.25) is 0 Å². The molecule has 0 atom stereocenters. The molecule has 0 spiro atoms. The molecule has 0 unspecified atom stereocenters. The van der Waals surface area contributed by atoms with E-state index in [0.717, 1.165) is 17.4 Å². The standard InChI is InChI=1S/C18H14ClN3O4S/c1-2-26-13-6-3-11(4-7-13)16-10-27-18(20-16)21-17(23)14-8-5-12(22(24)25)9-15(14)19/h3-10H,2H2,1H3,(H,20,21,23). The number of hydrogen-bond acceptors (Lipinski definition) is 6. The topological polar surface area (TPSA) is 94.4 Å². The van der Waals surface area contributed by atoms with Gasteiger partial charge in [0.15, 0.2) is 5.13 Å². The molecule has 0 saturated carbocycles. The third kappa shape index (κ3) is 4.42. The van der Waals surface area contributed by atoms with E-state index < -0.39 is 10.8 Å². The number of nitrogens with one attached hydrogen (secondary N) is 1. The fraction of sp³-hybridized carbons (Fsp3) is 0.111. The molecular weight excluding hydrogens is 390 g/mol. The summed E-state index contributed by atoms with van der Waals surface area (Å²) in [6.45, 7) is 2.51. The molecule has 0 aliphatic carbocycles. The van der Waals surface area contributed by atoms with E-state index in [1.165, 1.54) is 23.5 Å². The van der Waals surface area contributed by atoms with Crippen molar-refractivity contribution >= 4 is 39.7 Å². The molecule has 0 radical (unpaired) electrons. The summed E-state index contributed by atoms with van der Waals surface area (Å²) in [6.07, 6.45) is 0. The van der Waals surface area contributed by atoms with E-state index in [4.69, 9.17) is 16.3 Å². The van der Waals surface area contributed by atoms with Gasteiger partial charge in [-0.05, 0) is 37.3 Å². The highest BCUT2D eigenvalue weighted by molar-refractivity contribution is 7.14. The number of halogens is 1. The zero-order valence-corrected chi connectivity index (χ0v) is 15.7. The average molecular weight is 404 g/mol. The first-order valence-electron chi connectivity index (χ1n) is 7.92. The number of aromatic nitrogens is 1. The molecule has 138 valence electrons. The lowest BCUT2D eigenvalue weighted by atomic mass is 10.2. The number of nitro benzene ring substituents is 1. The molecule has 1 heterocycles. The predicted molar refractivity (Wildman–Crippen MR) is 105 cm³/mol. The van der Waals surface area contributed by atoms with Gasteiger partial charge in [-0.25, -0.2) is 4.98 Å². The van der Waals surface area contributed by atoms with Crippen LogP contribution in [0.5, 0.6) is 5.75 Å². The molecular formula is C18H14ClN3O4S. The third-order valence-electron chi connectivity index (χ3n) is 3.59. The molecule has 7 nitrogen and oxygen atoms in total. The van der Waals surface area contributed by atoms with Gasteiger partial charge in [0.05, 0.1) is 27.8 Å². The van der Waals surface area contributed by atoms with Crippen LogP contribution in [-0.2, 0) is 0 Å². The number of nitrogens with zero attached hydrogens (tertiary/aromatic N) is 2. The van der Waals surface area contributed by atoms with E-state index in [2.05, 4.69) is 10.3 Å². The van der Waals surface area contributed by atoms with Crippen molar-refractivity contribution in [1.82, 2.24) is 4.98 Å². The summed E-state index contributed by atoms with van der Waals surface area (Å²) >= 11 is 7.25. The molecule has 3 aromatic rings. The molecule has 0 aliphatic rings. The van der Waals surface area contributed by atoms with E-state index in [9.17, 15) is 14.9 Å². The van der Waals surface area contributed by atoms with Gasteiger partial charge in [-0.3, -0.25) is 20.2 Å². The largest absolute Gasteiger partial charge is 0.494 e. The number of thiazole rings is 1. The number of hydrogen-bond donors (Lipinski definition) is 1. The number of non-ortho nitro benzene ring substituents is 1. The predicted octanol–water partition coefficient (Wildman–Crippen LogP) is 5.02. The summed E-state index contributed by atoms with van der Waals surface area (Å²) in [6, 6.07) is 11.2. The first kappa shape index (κ1) is 18.8. The van der Waals surface area contributed by atoms with Crippen molar-refractivity contribution in [3.63, 3.8) is 0 Å². The van der Waals surface area contributed by atoms with Crippen molar-refractivity contribution < 1.29 is 14.5 Å². The quantitative estimate of drug-likeness (QED) is 0.460. The molecule has 0 fully saturated rings. The minimum atomic E-state index is -0.572. The Bertz CT molecular complexity index is 989. The number of benzene rings is 2. The molecule has 1 N–H and O–H groups in total. The van der Waals surface area contributed by atoms with Crippen LogP contribution >= 0.6 is 22.9 Å². The molecule has 3 rings (SSSR count). The van der Waals surface area contributed by atoms with E-state index in [1.54, 1.807) is 0 Å². The van der Waals surface area contributed by atoms with Crippen LogP contribution in [0, 0.1) is 10.1 Å². The van der Waals surface area contributed by atoms with E-state index in [0.29, 0.717) is 17.4 Å². The summed E-state index contributed by atoms with van der Waals surface area (Å²) in [5, 5.41) is 15.6. The number of carbonyl (C=O) groups is 1. The lowest BCUT2D eigenvalue weighted by Crippen LogP contribution is -2.12. The van der Waals surface area contributed by atoms with Gasteiger partial charge < -0.3 is 4.74 Å². The molecule has 27 heavy (non-hydrogen) atoms. The Labute approximate surface area is 163 Å². The van der Waals surface area contributed by atoms with Crippen molar-refractivity contribution in [2.45, 2.75) is 6.92 Å². The Balaban J connectivity index is 1.73. The summed E-state index contributed by atoms with van der Waals surface area (Å²) in [5.74, 6) is 0.292. The van der Waals surface area contributed by atoms with Gasteiger partial charge in [-0.2, -0.15) is 0 Å². The summed E-state index contributed by atoms with van der Waals surface area (Å²) in [4.78, 5) is 26.9. The average Bonchev–Trinajstić information content (AvgIpc) is 3.10. The van der Waals surface area contributed by atoms with Crippen molar-refractivity contribution in [2.24, 2.45) is 0 Å². The SMILES string of the molecule is CCOc1ccc(-c2csc(NC(=O)c3ccc([N+](=O)[O-])cc3Cl)n2)cc1. The van der Waals surface area contributed by atoms with Gasteiger partial charge in [-0.15, -0.1) is 11.3 Å². The minimum Gasteiger partial charge on any atom is -0.494 e. The van der Waals surface area contributed by atoms with E-state index in [-0.39, 0.29) is 16.3 Å². The van der Waals surface area contributed by atoms with Gasteiger partial charge in [0, 0.05) is 23.1 Å². The van der Waals surface area contributed by atoms with Crippen LogP contribution in [-0.4, -0.2) is 22.4 Å². The second-order valence-corrected chi connectivity index (χ2v) is 6.64. The van der Waals surface area contributed by atoms with Gasteiger partial charge in [-0.1, -0.05) is 11.6 Å². The Morgan fingerprint density at radius 3 is 2.67 bits per heavy atom. The Kier molecular flexibility index (Phi) is 5.68. The number of ether oxygens (including phenoxy) is 1.